The molecule has 1 aromatic heterocycles. The van der Waals surface area contributed by atoms with Gasteiger partial charge < -0.3 is 15.4 Å². The van der Waals surface area contributed by atoms with Gasteiger partial charge in [0, 0.05) is 31.2 Å². The normalized spacial score (nSPS) is 19.6. The van der Waals surface area contributed by atoms with Crippen molar-refractivity contribution in [2.75, 3.05) is 24.2 Å². The number of thioether (sulfide) groups is 1. The third-order valence-electron chi connectivity index (χ3n) is 4.19. The summed E-state index contributed by atoms with van der Waals surface area (Å²) < 4.78 is 5.48. The second kappa shape index (κ2) is 9.15. The van der Waals surface area contributed by atoms with Crippen molar-refractivity contribution in [2.45, 2.75) is 49.7 Å². The first-order valence-electron chi connectivity index (χ1n) is 8.86. The SMILES string of the molecule is O=C(CCCSc1ccc(NC(=O)C2CC2)nn1)NC[C@H]1CCCO1. The average molecular weight is 364 g/mol. The molecule has 2 heterocycles. The molecule has 2 N–H and O–H groups in total. The van der Waals surface area contributed by atoms with Crippen LogP contribution in [0.25, 0.3) is 0 Å². The monoisotopic (exact) mass is 364 g/mol. The van der Waals surface area contributed by atoms with Gasteiger partial charge in [0.2, 0.25) is 11.8 Å². The molecule has 136 valence electrons. The summed E-state index contributed by atoms with van der Waals surface area (Å²) in [6.45, 7) is 1.42. The van der Waals surface area contributed by atoms with Gasteiger partial charge in [0.05, 0.1) is 6.10 Å². The Hall–Kier alpha value is -1.67. The number of hydrogen-bond donors (Lipinski definition) is 2. The number of carbonyl (C=O) groups excluding carboxylic acids is 2. The molecule has 1 aromatic rings. The van der Waals surface area contributed by atoms with Crippen molar-refractivity contribution in [3.05, 3.63) is 12.1 Å². The highest BCUT2D eigenvalue weighted by molar-refractivity contribution is 7.99. The second-order valence-electron chi connectivity index (χ2n) is 6.41. The number of amides is 2. The first-order chi connectivity index (χ1) is 12.2. The Morgan fingerprint density at radius 3 is 2.80 bits per heavy atom. The number of carbonyl (C=O) groups is 2. The van der Waals surface area contributed by atoms with Crippen LogP contribution in [0.15, 0.2) is 17.2 Å². The molecular weight excluding hydrogens is 340 g/mol. The van der Waals surface area contributed by atoms with Crippen LogP contribution in [0.3, 0.4) is 0 Å². The summed E-state index contributed by atoms with van der Waals surface area (Å²) in [6, 6.07) is 3.61. The Morgan fingerprint density at radius 1 is 1.24 bits per heavy atom. The second-order valence-corrected chi connectivity index (χ2v) is 7.53. The van der Waals surface area contributed by atoms with Crippen LogP contribution in [-0.2, 0) is 14.3 Å². The fourth-order valence-electron chi connectivity index (χ4n) is 2.57. The van der Waals surface area contributed by atoms with Gasteiger partial charge in [0.25, 0.3) is 0 Å². The van der Waals surface area contributed by atoms with Gasteiger partial charge >= 0.3 is 0 Å². The predicted octanol–water partition coefficient (Wildman–Crippen LogP) is 1.99. The van der Waals surface area contributed by atoms with Crippen molar-refractivity contribution in [3.8, 4) is 0 Å². The fourth-order valence-corrected chi connectivity index (χ4v) is 3.33. The molecule has 0 aromatic carbocycles. The van der Waals surface area contributed by atoms with E-state index in [9.17, 15) is 9.59 Å². The van der Waals surface area contributed by atoms with E-state index in [2.05, 4.69) is 20.8 Å². The topological polar surface area (TPSA) is 93.2 Å². The number of nitrogens with one attached hydrogen (secondary N) is 2. The zero-order valence-electron chi connectivity index (χ0n) is 14.2. The van der Waals surface area contributed by atoms with E-state index in [0.717, 1.165) is 49.5 Å². The van der Waals surface area contributed by atoms with Crippen LogP contribution in [0.4, 0.5) is 5.82 Å². The van der Waals surface area contributed by atoms with Crippen molar-refractivity contribution >= 4 is 29.4 Å². The first-order valence-corrected chi connectivity index (χ1v) is 9.85. The molecule has 2 amide bonds. The maximum absolute atomic E-state index is 11.8. The van der Waals surface area contributed by atoms with Crippen LogP contribution in [0, 0.1) is 5.92 Å². The average Bonchev–Trinajstić information content (AvgIpc) is 3.35. The Bertz CT molecular complexity index is 586. The van der Waals surface area contributed by atoms with E-state index in [1.54, 1.807) is 17.8 Å². The third kappa shape index (κ3) is 6.28. The first kappa shape index (κ1) is 18.1. The van der Waals surface area contributed by atoms with Gasteiger partial charge in [-0.25, -0.2) is 0 Å². The Balaban J connectivity index is 1.27. The highest BCUT2D eigenvalue weighted by atomic mass is 32.2. The number of anilines is 1. The molecule has 0 spiro atoms. The molecule has 1 saturated heterocycles. The fraction of sp³-hybridized carbons (Fsp3) is 0.647. The zero-order valence-corrected chi connectivity index (χ0v) is 15.0. The van der Waals surface area contributed by atoms with Crippen LogP contribution in [0.2, 0.25) is 0 Å². The third-order valence-corrected chi connectivity index (χ3v) is 5.19. The van der Waals surface area contributed by atoms with Gasteiger partial charge in [-0.1, -0.05) is 0 Å². The van der Waals surface area contributed by atoms with Crippen LogP contribution < -0.4 is 10.6 Å². The molecule has 25 heavy (non-hydrogen) atoms. The summed E-state index contributed by atoms with van der Waals surface area (Å²) in [7, 11) is 0. The molecule has 0 radical (unpaired) electrons. The molecular formula is C17H24N4O3S. The number of aromatic nitrogens is 2. The molecule has 0 unspecified atom stereocenters. The summed E-state index contributed by atoms with van der Waals surface area (Å²) in [5.74, 6) is 1.55. The molecule has 8 heteroatoms. The lowest BCUT2D eigenvalue weighted by Crippen LogP contribution is -2.31. The van der Waals surface area contributed by atoms with Crippen molar-refractivity contribution in [3.63, 3.8) is 0 Å². The molecule has 0 bridgehead atoms. The molecule has 1 atom stereocenters. The molecule has 2 fully saturated rings. The maximum Gasteiger partial charge on any atom is 0.228 e. The van der Waals surface area contributed by atoms with Crippen molar-refractivity contribution in [1.82, 2.24) is 15.5 Å². The number of ether oxygens (including phenoxy) is 1. The van der Waals surface area contributed by atoms with Crippen molar-refractivity contribution < 1.29 is 14.3 Å². The molecule has 1 aliphatic heterocycles. The Morgan fingerprint density at radius 2 is 2.12 bits per heavy atom. The lowest BCUT2D eigenvalue weighted by molar-refractivity contribution is -0.121. The largest absolute Gasteiger partial charge is 0.376 e. The molecule has 2 aliphatic rings. The van der Waals surface area contributed by atoms with E-state index in [1.165, 1.54) is 0 Å². The van der Waals surface area contributed by atoms with Gasteiger partial charge in [-0.15, -0.1) is 22.0 Å². The minimum Gasteiger partial charge on any atom is -0.376 e. The van der Waals surface area contributed by atoms with Crippen LogP contribution in [-0.4, -0.2) is 47.0 Å². The van der Waals surface area contributed by atoms with Crippen LogP contribution in [0.5, 0.6) is 0 Å². The molecule has 3 rings (SSSR count). The quantitative estimate of drug-likeness (QED) is 0.514. The van der Waals surface area contributed by atoms with Crippen LogP contribution >= 0.6 is 11.8 Å². The number of hydrogen-bond acceptors (Lipinski definition) is 6. The van der Waals surface area contributed by atoms with E-state index in [0.29, 0.717) is 18.8 Å². The molecule has 7 nitrogen and oxygen atoms in total. The number of rotatable bonds is 9. The minimum atomic E-state index is 0.0312. The predicted molar refractivity (Wildman–Crippen MR) is 95.3 cm³/mol. The Kier molecular flexibility index (Phi) is 6.63. The molecule has 1 aliphatic carbocycles. The lowest BCUT2D eigenvalue weighted by Gasteiger charge is -2.10. The van der Waals surface area contributed by atoms with Crippen molar-refractivity contribution in [2.24, 2.45) is 5.92 Å². The number of nitrogens with zero attached hydrogens (tertiary/aromatic N) is 2. The van der Waals surface area contributed by atoms with Gasteiger partial charge in [-0.05, 0) is 44.2 Å². The summed E-state index contributed by atoms with van der Waals surface area (Å²) in [6.07, 6.45) is 5.52. The summed E-state index contributed by atoms with van der Waals surface area (Å²) in [5, 5.41) is 14.6. The van der Waals surface area contributed by atoms with Gasteiger partial charge in [0.15, 0.2) is 5.82 Å². The van der Waals surface area contributed by atoms with E-state index in [4.69, 9.17) is 4.74 Å². The summed E-state index contributed by atoms with van der Waals surface area (Å²) in [5.41, 5.74) is 0. The maximum atomic E-state index is 11.8. The summed E-state index contributed by atoms with van der Waals surface area (Å²) >= 11 is 1.56. The minimum absolute atomic E-state index is 0.0312. The molecule has 1 saturated carbocycles. The standard InChI is InChI=1S/C17H24N4O3S/c22-15(18-11-13-3-1-9-24-13)4-2-10-25-16-8-7-14(20-21-16)19-17(23)12-5-6-12/h7-8,12-13H,1-6,9-11H2,(H,18,22)(H,19,20,23)/t13-/m1/s1. The van der Waals surface area contributed by atoms with Crippen LogP contribution in [0.1, 0.15) is 38.5 Å². The van der Waals surface area contributed by atoms with Crippen molar-refractivity contribution in [1.29, 1.82) is 0 Å². The highest BCUT2D eigenvalue weighted by Crippen LogP contribution is 2.30. The van der Waals surface area contributed by atoms with E-state index in [-0.39, 0.29) is 23.8 Å². The van der Waals surface area contributed by atoms with Gasteiger partial charge in [-0.3, -0.25) is 9.59 Å². The van der Waals surface area contributed by atoms with E-state index in [1.807, 2.05) is 6.07 Å². The van der Waals surface area contributed by atoms with Gasteiger partial charge in [-0.2, -0.15) is 0 Å². The smallest absolute Gasteiger partial charge is 0.228 e. The summed E-state index contributed by atoms with van der Waals surface area (Å²) in [4.78, 5) is 23.4. The Labute approximate surface area is 151 Å². The van der Waals surface area contributed by atoms with Gasteiger partial charge in [0.1, 0.15) is 5.03 Å². The highest BCUT2D eigenvalue weighted by Gasteiger charge is 2.29. The van der Waals surface area contributed by atoms with E-state index >= 15 is 0 Å². The lowest BCUT2D eigenvalue weighted by atomic mass is 10.2. The van der Waals surface area contributed by atoms with E-state index < -0.39 is 0 Å². The zero-order chi connectivity index (χ0) is 17.5.